The molecule has 4 N–H and O–H groups in total. The number of aromatic amines is 2. The fourth-order valence-electron chi connectivity index (χ4n) is 7.03. The number of imidazole rings is 2. The van der Waals surface area contributed by atoms with Gasteiger partial charge in [-0.2, -0.15) is 0 Å². The third kappa shape index (κ3) is 8.21. The van der Waals surface area contributed by atoms with Crippen LogP contribution in [0, 0.1) is 11.8 Å². The summed E-state index contributed by atoms with van der Waals surface area (Å²) in [5, 5.41) is 5.70. The number of hydrogen-bond donors (Lipinski definition) is 4. The number of aromatic nitrogens is 4. The SMILES string of the molecule is COC(=O)NC(C=O)(CN1CCCC1c1ncc(-c2ccc3c(c2)S(=O)(=O)c2ccc(-c4cnc(CCCCNC(=O)CC(C)C)[nH]4)cc2O3)[nH]1)C(C)C. The van der Waals surface area contributed by atoms with Crippen LogP contribution in [0.3, 0.4) is 0 Å². The van der Waals surface area contributed by atoms with Crippen LogP contribution in [0.1, 0.15) is 77.5 Å². The van der Waals surface area contributed by atoms with E-state index in [1.807, 2.05) is 27.7 Å². The molecule has 4 aromatic rings. The summed E-state index contributed by atoms with van der Waals surface area (Å²) in [6, 6.07) is 9.91. The zero-order valence-electron chi connectivity index (χ0n) is 31.4. The lowest BCUT2D eigenvalue weighted by Crippen LogP contribution is -2.60. The van der Waals surface area contributed by atoms with Crippen LogP contribution in [0.15, 0.2) is 58.6 Å². The van der Waals surface area contributed by atoms with Crippen molar-refractivity contribution in [2.75, 3.05) is 26.7 Å². The lowest BCUT2D eigenvalue weighted by molar-refractivity contribution is -0.121. The summed E-state index contributed by atoms with van der Waals surface area (Å²) >= 11 is 0. The first kappa shape index (κ1) is 38.7. The number of nitrogens with one attached hydrogen (secondary N) is 4. The number of methoxy groups -OCH3 is 1. The van der Waals surface area contributed by atoms with Crippen LogP contribution in [0.5, 0.6) is 11.5 Å². The first-order chi connectivity index (χ1) is 25.8. The maximum atomic E-state index is 13.9. The average Bonchev–Trinajstić information content (AvgIpc) is 3.92. The minimum atomic E-state index is -3.92. The average molecular weight is 760 g/mol. The first-order valence-corrected chi connectivity index (χ1v) is 20.0. The highest BCUT2D eigenvalue weighted by Crippen LogP contribution is 2.45. The molecule has 54 heavy (non-hydrogen) atoms. The summed E-state index contributed by atoms with van der Waals surface area (Å²) in [5.41, 5.74) is 1.61. The molecule has 0 aliphatic carbocycles. The Labute approximate surface area is 315 Å². The number of fused-ring (bicyclic) bond motifs is 2. The van der Waals surface area contributed by atoms with Crippen LogP contribution >= 0.6 is 0 Å². The topological polar surface area (TPSA) is 188 Å². The van der Waals surface area contributed by atoms with E-state index in [2.05, 4.69) is 35.5 Å². The summed E-state index contributed by atoms with van der Waals surface area (Å²) in [6.07, 6.45) is 8.13. The molecule has 0 radical (unpaired) electrons. The van der Waals surface area contributed by atoms with Crippen molar-refractivity contribution in [2.24, 2.45) is 11.8 Å². The van der Waals surface area contributed by atoms with Crippen LogP contribution in [-0.4, -0.2) is 83.8 Å². The van der Waals surface area contributed by atoms with Gasteiger partial charge in [0.1, 0.15) is 44.8 Å². The van der Waals surface area contributed by atoms with Gasteiger partial charge < -0.3 is 34.9 Å². The lowest BCUT2D eigenvalue weighted by Gasteiger charge is -2.37. The van der Waals surface area contributed by atoms with E-state index in [0.29, 0.717) is 42.5 Å². The van der Waals surface area contributed by atoms with Crippen LogP contribution in [-0.2, 0) is 30.6 Å². The monoisotopic (exact) mass is 759 g/mol. The van der Waals surface area contributed by atoms with Crippen LogP contribution < -0.4 is 15.4 Å². The lowest BCUT2D eigenvalue weighted by atomic mass is 9.87. The molecule has 2 aliphatic rings. The number of amides is 2. The Morgan fingerprint density at radius 1 is 1.02 bits per heavy atom. The zero-order chi connectivity index (χ0) is 38.6. The quantitative estimate of drug-likeness (QED) is 0.0731. The second kappa shape index (κ2) is 16.1. The number of aldehydes is 1. The van der Waals surface area contributed by atoms with Gasteiger partial charge in [-0.05, 0) is 74.4 Å². The predicted molar refractivity (Wildman–Crippen MR) is 202 cm³/mol. The third-order valence-corrected chi connectivity index (χ3v) is 12.0. The fraction of sp³-hybridized carbons (Fsp3) is 0.462. The number of carbonyl (C=O) groups is 3. The molecule has 4 heterocycles. The Balaban J connectivity index is 1.13. The van der Waals surface area contributed by atoms with Crippen molar-refractivity contribution < 1.29 is 32.3 Å². The molecule has 2 aliphatic heterocycles. The van der Waals surface area contributed by atoms with Gasteiger partial charge in [0.25, 0.3) is 0 Å². The van der Waals surface area contributed by atoms with Gasteiger partial charge in [0.15, 0.2) is 0 Å². The molecule has 1 fully saturated rings. The van der Waals surface area contributed by atoms with Crippen molar-refractivity contribution in [3.05, 3.63) is 60.4 Å². The second-order valence-electron chi connectivity index (χ2n) is 14.8. The predicted octanol–water partition coefficient (Wildman–Crippen LogP) is 5.98. The number of rotatable bonds is 15. The molecule has 0 saturated carbocycles. The van der Waals surface area contributed by atoms with E-state index in [9.17, 15) is 22.8 Å². The second-order valence-corrected chi connectivity index (χ2v) is 16.7. The Morgan fingerprint density at radius 3 is 2.50 bits per heavy atom. The number of aryl methyl sites for hydroxylation is 1. The summed E-state index contributed by atoms with van der Waals surface area (Å²) in [4.78, 5) is 54.5. The van der Waals surface area contributed by atoms with E-state index in [0.717, 1.165) is 55.5 Å². The highest BCUT2D eigenvalue weighted by Gasteiger charge is 2.41. The summed E-state index contributed by atoms with van der Waals surface area (Å²) < 4.78 is 38.9. The molecule has 2 atom stereocenters. The first-order valence-electron chi connectivity index (χ1n) is 18.5. The molecule has 0 bridgehead atoms. The van der Waals surface area contributed by atoms with E-state index in [1.54, 1.807) is 48.8 Å². The number of likely N-dealkylation sites (tertiary alicyclic amines) is 1. The van der Waals surface area contributed by atoms with E-state index in [1.165, 1.54) is 7.11 Å². The van der Waals surface area contributed by atoms with Crippen LogP contribution in [0.25, 0.3) is 22.5 Å². The number of ether oxygens (including phenoxy) is 2. The van der Waals surface area contributed by atoms with Gasteiger partial charge in [0.05, 0.1) is 36.9 Å². The largest absolute Gasteiger partial charge is 0.455 e. The van der Waals surface area contributed by atoms with Gasteiger partial charge >= 0.3 is 6.09 Å². The fourth-order valence-corrected chi connectivity index (χ4v) is 8.54. The number of alkyl carbamates (subject to hydrolysis) is 1. The van der Waals surface area contributed by atoms with E-state index in [-0.39, 0.29) is 45.7 Å². The third-order valence-electron chi connectivity index (χ3n) is 10.2. The Hall–Kier alpha value is -5.02. The van der Waals surface area contributed by atoms with Gasteiger partial charge in [-0.15, -0.1) is 0 Å². The molecule has 1 saturated heterocycles. The number of nitrogens with zero attached hydrogens (tertiary/aromatic N) is 3. The van der Waals surface area contributed by atoms with E-state index >= 15 is 0 Å². The number of unbranched alkanes of at least 4 members (excludes halogenated alkanes) is 1. The molecule has 6 rings (SSSR count). The summed E-state index contributed by atoms with van der Waals surface area (Å²) in [6.45, 7) is 9.42. The number of carbonyl (C=O) groups excluding carboxylic acids is 3. The van der Waals surface area contributed by atoms with Crippen molar-refractivity contribution in [3.8, 4) is 34.0 Å². The number of sulfone groups is 1. The highest BCUT2D eigenvalue weighted by atomic mass is 32.2. The smallest absolute Gasteiger partial charge is 0.407 e. The van der Waals surface area contributed by atoms with Crippen LogP contribution in [0.2, 0.25) is 0 Å². The van der Waals surface area contributed by atoms with Crippen molar-refractivity contribution in [1.29, 1.82) is 0 Å². The normalized spacial score (nSPS) is 17.4. The van der Waals surface area contributed by atoms with E-state index < -0.39 is 21.5 Å². The van der Waals surface area contributed by atoms with Crippen molar-refractivity contribution >= 4 is 28.1 Å². The molecule has 0 spiro atoms. The van der Waals surface area contributed by atoms with E-state index in [4.69, 9.17) is 9.47 Å². The molecular weight excluding hydrogens is 711 g/mol. The molecule has 2 unspecified atom stereocenters. The molecule has 14 nitrogen and oxygen atoms in total. The highest BCUT2D eigenvalue weighted by molar-refractivity contribution is 7.91. The molecule has 2 aromatic heterocycles. The molecule has 2 aromatic carbocycles. The minimum absolute atomic E-state index is 0.0599. The van der Waals surface area contributed by atoms with Crippen molar-refractivity contribution in [1.82, 2.24) is 35.5 Å². The van der Waals surface area contributed by atoms with Gasteiger partial charge in [0, 0.05) is 37.1 Å². The number of benzene rings is 2. The van der Waals surface area contributed by atoms with Gasteiger partial charge in [-0.1, -0.05) is 33.8 Å². The zero-order valence-corrected chi connectivity index (χ0v) is 32.2. The van der Waals surface area contributed by atoms with Crippen LogP contribution in [0.4, 0.5) is 4.79 Å². The molecule has 2 amide bonds. The van der Waals surface area contributed by atoms with Crippen molar-refractivity contribution in [2.45, 2.75) is 87.6 Å². The molecular formula is C39H49N7O7S. The van der Waals surface area contributed by atoms with Gasteiger partial charge in [-0.3, -0.25) is 9.69 Å². The molecule has 288 valence electrons. The van der Waals surface area contributed by atoms with Gasteiger partial charge in [0.2, 0.25) is 15.7 Å². The minimum Gasteiger partial charge on any atom is -0.455 e. The number of H-pyrrole nitrogens is 2. The summed E-state index contributed by atoms with van der Waals surface area (Å²) in [5.74, 6) is 2.17. The standard InChI is InChI=1S/C39H49N7O7S/c1-24(2)17-36(48)40-15-7-6-10-35-41-20-28(43-35)26-12-14-33-32(18-26)53-31-13-11-27(19-34(31)54(33,50)51)29-21-42-37(44-29)30-9-8-16-46(30)22-39(23-47,25(3)4)45-38(49)52-5/h11-14,18-21,23-25,30H,6-10,15-17,22H2,1-5H3,(H,40,48)(H,41,43)(H,42,44)(H,45,49). The summed E-state index contributed by atoms with van der Waals surface area (Å²) in [7, 11) is -2.65. The Bertz CT molecular complexity index is 2110. The maximum absolute atomic E-state index is 13.9. The van der Waals surface area contributed by atoms with Gasteiger partial charge in [-0.25, -0.2) is 23.2 Å². The number of hydrogen-bond acceptors (Lipinski definition) is 10. The van der Waals surface area contributed by atoms with Crippen molar-refractivity contribution in [3.63, 3.8) is 0 Å². The Morgan fingerprint density at radius 2 is 1.76 bits per heavy atom. The molecule has 15 heteroatoms. The Kier molecular flexibility index (Phi) is 11.6. The maximum Gasteiger partial charge on any atom is 0.407 e.